The van der Waals surface area contributed by atoms with Gasteiger partial charge in [-0.2, -0.15) is 0 Å². The van der Waals surface area contributed by atoms with Gasteiger partial charge in [-0.05, 0) is 25.2 Å². The molecule has 1 saturated heterocycles. The van der Waals surface area contributed by atoms with Crippen molar-refractivity contribution in [3.63, 3.8) is 0 Å². The fraction of sp³-hybridized carbons (Fsp3) is 0.909. The average molecular weight is 183 g/mol. The van der Waals surface area contributed by atoms with Crippen molar-refractivity contribution in [2.75, 3.05) is 0 Å². The van der Waals surface area contributed by atoms with Crippen LogP contribution in [0.3, 0.4) is 0 Å². The van der Waals surface area contributed by atoms with E-state index in [0.29, 0.717) is 12.0 Å². The Kier molecular flexibility index (Phi) is 4.43. The second-order valence-corrected chi connectivity index (χ2v) is 4.32. The average Bonchev–Trinajstić information content (AvgIpc) is 2.14. The lowest BCUT2D eigenvalue weighted by molar-refractivity contribution is -0.110. The zero-order chi connectivity index (χ0) is 9.68. The van der Waals surface area contributed by atoms with E-state index in [1.165, 1.54) is 25.7 Å². The lowest BCUT2D eigenvalue weighted by Crippen LogP contribution is -2.45. The van der Waals surface area contributed by atoms with E-state index in [0.717, 1.165) is 12.7 Å². The van der Waals surface area contributed by atoms with Crippen LogP contribution in [0.25, 0.3) is 0 Å². The van der Waals surface area contributed by atoms with Gasteiger partial charge in [0.1, 0.15) is 6.29 Å². The molecule has 0 amide bonds. The highest BCUT2D eigenvalue weighted by Gasteiger charge is 2.24. The molecule has 76 valence electrons. The summed E-state index contributed by atoms with van der Waals surface area (Å²) in [5, 5.41) is 3.40. The van der Waals surface area contributed by atoms with Gasteiger partial charge in [0, 0.05) is 6.04 Å². The van der Waals surface area contributed by atoms with Crippen LogP contribution in [0, 0.1) is 5.92 Å². The maximum atomic E-state index is 10.7. The Morgan fingerprint density at radius 1 is 1.46 bits per heavy atom. The number of carbonyl (C=O) groups is 1. The van der Waals surface area contributed by atoms with Crippen LogP contribution in [0.15, 0.2) is 0 Å². The molecule has 1 aliphatic heterocycles. The smallest absolute Gasteiger partial charge is 0.136 e. The highest BCUT2D eigenvalue weighted by molar-refractivity contribution is 5.57. The van der Waals surface area contributed by atoms with Crippen LogP contribution in [0.2, 0.25) is 0 Å². The third kappa shape index (κ3) is 3.47. The first-order chi connectivity index (χ1) is 6.26. The molecule has 0 spiro atoms. The molecule has 1 aliphatic rings. The van der Waals surface area contributed by atoms with E-state index >= 15 is 0 Å². The first kappa shape index (κ1) is 10.7. The Bertz CT molecular complexity index is 158. The minimum atomic E-state index is 0.116. The number of piperidine rings is 1. The van der Waals surface area contributed by atoms with Crippen molar-refractivity contribution in [3.05, 3.63) is 0 Å². The molecule has 0 bridgehead atoms. The predicted molar refractivity (Wildman–Crippen MR) is 54.7 cm³/mol. The summed E-state index contributed by atoms with van der Waals surface area (Å²) in [6, 6.07) is 0.699. The van der Waals surface area contributed by atoms with E-state index in [1.807, 2.05) is 0 Å². The van der Waals surface area contributed by atoms with Gasteiger partial charge in [-0.3, -0.25) is 0 Å². The molecule has 0 saturated carbocycles. The van der Waals surface area contributed by atoms with Crippen LogP contribution in [0.5, 0.6) is 0 Å². The van der Waals surface area contributed by atoms with Gasteiger partial charge in [0.2, 0.25) is 0 Å². The maximum Gasteiger partial charge on any atom is 0.136 e. The Morgan fingerprint density at radius 2 is 2.23 bits per heavy atom. The fourth-order valence-corrected chi connectivity index (χ4v) is 2.20. The quantitative estimate of drug-likeness (QED) is 0.676. The normalized spacial score (nSPS) is 34.5. The molecule has 0 aromatic rings. The van der Waals surface area contributed by atoms with Gasteiger partial charge in [0.05, 0.1) is 6.04 Å². The van der Waals surface area contributed by atoms with Gasteiger partial charge in [-0.15, -0.1) is 0 Å². The Hall–Kier alpha value is -0.370. The summed E-state index contributed by atoms with van der Waals surface area (Å²) < 4.78 is 0. The van der Waals surface area contributed by atoms with E-state index < -0.39 is 0 Å². The van der Waals surface area contributed by atoms with Crippen molar-refractivity contribution in [2.45, 2.75) is 58.0 Å². The number of aldehydes is 1. The minimum absolute atomic E-state index is 0.116. The highest BCUT2D eigenvalue weighted by atomic mass is 16.1. The molecule has 2 nitrogen and oxygen atoms in total. The van der Waals surface area contributed by atoms with Crippen LogP contribution >= 0.6 is 0 Å². The van der Waals surface area contributed by atoms with Crippen LogP contribution in [0.4, 0.5) is 0 Å². The third-order valence-electron chi connectivity index (χ3n) is 2.86. The monoisotopic (exact) mass is 183 g/mol. The van der Waals surface area contributed by atoms with E-state index in [2.05, 4.69) is 19.2 Å². The third-order valence-corrected chi connectivity index (χ3v) is 2.86. The molecule has 0 radical (unpaired) electrons. The Morgan fingerprint density at radius 3 is 2.85 bits per heavy atom. The van der Waals surface area contributed by atoms with Crippen LogP contribution in [0.1, 0.15) is 46.0 Å². The zero-order valence-corrected chi connectivity index (χ0v) is 8.75. The Balaban J connectivity index is 2.33. The number of unbranched alkanes of at least 4 members (excludes halogenated alkanes) is 1. The lowest BCUT2D eigenvalue weighted by Gasteiger charge is -2.32. The molecule has 1 fully saturated rings. The van der Waals surface area contributed by atoms with E-state index in [1.54, 1.807) is 0 Å². The number of rotatable bonds is 4. The Labute approximate surface area is 81.1 Å². The fourth-order valence-electron chi connectivity index (χ4n) is 2.20. The molecule has 1 heterocycles. The summed E-state index contributed by atoms with van der Waals surface area (Å²) >= 11 is 0. The van der Waals surface area contributed by atoms with Crippen LogP contribution < -0.4 is 5.32 Å². The molecule has 2 heteroatoms. The summed E-state index contributed by atoms with van der Waals surface area (Å²) in [6.07, 6.45) is 7.07. The summed E-state index contributed by atoms with van der Waals surface area (Å²) in [5.74, 6) is 0.707. The summed E-state index contributed by atoms with van der Waals surface area (Å²) in [7, 11) is 0. The number of nitrogens with one attached hydrogen (secondary N) is 1. The zero-order valence-electron chi connectivity index (χ0n) is 8.75. The van der Waals surface area contributed by atoms with Crippen molar-refractivity contribution in [1.82, 2.24) is 5.32 Å². The second-order valence-electron chi connectivity index (χ2n) is 4.32. The van der Waals surface area contributed by atoms with E-state index in [4.69, 9.17) is 0 Å². The molecule has 0 aliphatic carbocycles. The molecule has 3 unspecified atom stereocenters. The molecule has 1 N–H and O–H groups in total. The molecule has 1 rings (SSSR count). The number of hydrogen-bond donors (Lipinski definition) is 1. The van der Waals surface area contributed by atoms with Gasteiger partial charge in [0.25, 0.3) is 0 Å². The SMILES string of the molecule is CCCCC1CC(C)CC(C=O)N1. The van der Waals surface area contributed by atoms with Crippen molar-refractivity contribution in [1.29, 1.82) is 0 Å². The van der Waals surface area contributed by atoms with Crippen molar-refractivity contribution in [2.24, 2.45) is 5.92 Å². The van der Waals surface area contributed by atoms with E-state index in [-0.39, 0.29) is 6.04 Å². The summed E-state index contributed by atoms with van der Waals surface area (Å²) in [4.78, 5) is 10.7. The van der Waals surface area contributed by atoms with Crippen LogP contribution in [-0.4, -0.2) is 18.4 Å². The van der Waals surface area contributed by atoms with Crippen molar-refractivity contribution < 1.29 is 4.79 Å². The second kappa shape index (κ2) is 5.38. The van der Waals surface area contributed by atoms with E-state index in [9.17, 15) is 4.79 Å². The maximum absolute atomic E-state index is 10.7. The molecule has 3 atom stereocenters. The van der Waals surface area contributed by atoms with Gasteiger partial charge in [0.15, 0.2) is 0 Å². The van der Waals surface area contributed by atoms with Gasteiger partial charge in [-0.25, -0.2) is 0 Å². The van der Waals surface area contributed by atoms with Crippen LogP contribution in [-0.2, 0) is 4.79 Å². The predicted octanol–water partition coefficient (Wildman–Crippen LogP) is 2.13. The number of carbonyl (C=O) groups excluding carboxylic acids is 1. The first-order valence-corrected chi connectivity index (χ1v) is 5.47. The summed E-state index contributed by atoms with van der Waals surface area (Å²) in [6.45, 7) is 4.46. The largest absolute Gasteiger partial charge is 0.305 e. The van der Waals surface area contributed by atoms with Crippen molar-refractivity contribution in [3.8, 4) is 0 Å². The topological polar surface area (TPSA) is 29.1 Å². The highest BCUT2D eigenvalue weighted by Crippen LogP contribution is 2.21. The van der Waals surface area contributed by atoms with Gasteiger partial charge < -0.3 is 10.1 Å². The molecule has 13 heavy (non-hydrogen) atoms. The standard InChI is InChI=1S/C11H21NO/c1-3-4-5-10-6-9(2)7-11(8-13)12-10/h8-12H,3-7H2,1-2H3. The molecule has 0 aromatic carbocycles. The first-order valence-electron chi connectivity index (χ1n) is 5.47. The molecule has 0 aromatic heterocycles. The van der Waals surface area contributed by atoms with Crippen molar-refractivity contribution >= 4 is 6.29 Å². The van der Waals surface area contributed by atoms with Gasteiger partial charge >= 0.3 is 0 Å². The number of hydrogen-bond acceptors (Lipinski definition) is 2. The minimum Gasteiger partial charge on any atom is -0.305 e. The lowest BCUT2D eigenvalue weighted by atomic mass is 9.88. The summed E-state index contributed by atoms with van der Waals surface area (Å²) in [5.41, 5.74) is 0. The molecular formula is C11H21NO. The van der Waals surface area contributed by atoms with Gasteiger partial charge in [-0.1, -0.05) is 26.7 Å². The molecular weight excluding hydrogens is 162 g/mol.